The van der Waals surface area contributed by atoms with Crippen molar-refractivity contribution in [1.29, 1.82) is 0 Å². The number of hydrogen-bond donors (Lipinski definition) is 1. The van der Waals surface area contributed by atoms with Gasteiger partial charge in [-0.15, -0.1) is 0 Å². The Morgan fingerprint density at radius 2 is 1.96 bits per heavy atom. The molecule has 2 aromatic rings. The fraction of sp³-hybridized carbons (Fsp3) is 0.444. The first-order chi connectivity index (χ1) is 13.0. The third-order valence-corrected chi connectivity index (χ3v) is 4.55. The second kappa shape index (κ2) is 8.74. The first-order valence-electron chi connectivity index (χ1n) is 8.91. The van der Waals surface area contributed by atoms with E-state index in [1.807, 2.05) is 13.0 Å². The minimum Gasteiger partial charge on any atom is -0.360 e. The standard InChI is InChI=1S/C18H23N5O4/c1-14-12-15(27-20-14)13-22-10-8-21(9-11-22)7-6-18(24)19-16-4-2-3-5-17(16)23(25)26/h2-5,12H,6-11,13H2,1H3,(H,19,24). The van der Waals surface area contributed by atoms with Gasteiger partial charge in [0.1, 0.15) is 5.69 Å². The zero-order valence-corrected chi connectivity index (χ0v) is 15.3. The van der Waals surface area contributed by atoms with Gasteiger partial charge in [-0.25, -0.2) is 0 Å². The van der Waals surface area contributed by atoms with Crippen LogP contribution in [0.15, 0.2) is 34.9 Å². The van der Waals surface area contributed by atoms with Crippen LogP contribution in [0.1, 0.15) is 17.9 Å². The quantitative estimate of drug-likeness (QED) is 0.585. The lowest BCUT2D eigenvalue weighted by Crippen LogP contribution is -2.46. The molecule has 0 atom stereocenters. The van der Waals surface area contributed by atoms with Crippen molar-refractivity contribution < 1.29 is 14.2 Å². The van der Waals surface area contributed by atoms with Gasteiger partial charge in [-0.2, -0.15) is 0 Å². The van der Waals surface area contributed by atoms with Crippen LogP contribution in [-0.2, 0) is 11.3 Å². The van der Waals surface area contributed by atoms with E-state index < -0.39 is 4.92 Å². The van der Waals surface area contributed by atoms with E-state index in [0.717, 1.165) is 44.2 Å². The Hall–Kier alpha value is -2.78. The molecule has 1 aliphatic rings. The average Bonchev–Trinajstić information content (AvgIpc) is 3.06. The molecule has 1 saturated heterocycles. The van der Waals surface area contributed by atoms with Crippen molar-refractivity contribution in [3.63, 3.8) is 0 Å². The second-order valence-corrected chi connectivity index (χ2v) is 6.62. The van der Waals surface area contributed by atoms with Crippen molar-refractivity contribution in [1.82, 2.24) is 15.0 Å². The molecule has 144 valence electrons. The molecule has 1 fully saturated rings. The monoisotopic (exact) mass is 373 g/mol. The average molecular weight is 373 g/mol. The largest absolute Gasteiger partial charge is 0.360 e. The van der Waals surface area contributed by atoms with Crippen molar-refractivity contribution in [2.75, 3.05) is 38.0 Å². The number of nitrogens with zero attached hydrogens (tertiary/aromatic N) is 4. The SMILES string of the molecule is Cc1cc(CN2CCN(CCC(=O)Nc3ccccc3[N+](=O)[O-])CC2)on1. The van der Waals surface area contributed by atoms with E-state index in [0.29, 0.717) is 13.0 Å². The minimum absolute atomic E-state index is 0.0953. The Kier molecular flexibility index (Phi) is 6.15. The number of nitro benzene ring substituents is 1. The number of nitro groups is 1. The van der Waals surface area contributed by atoms with Gasteiger partial charge in [0, 0.05) is 51.3 Å². The molecule has 1 aromatic heterocycles. The van der Waals surface area contributed by atoms with E-state index >= 15 is 0 Å². The molecular weight excluding hydrogens is 350 g/mol. The molecule has 0 radical (unpaired) electrons. The maximum absolute atomic E-state index is 12.1. The maximum Gasteiger partial charge on any atom is 0.292 e. The summed E-state index contributed by atoms with van der Waals surface area (Å²) in [5, 5.41) is 17.5. The molecule has 1 aromatic carbocycles. The number of carbonyl (C=O) groups excluding carboxylic acids is 1. The summed E-state index contributed by atoms with van der Waals surface area (Å²) in [6, 6.07) is 8.11. The van der Waals surface area contributed by atoms with Crippen LogP contribution in [0.5, 0.6) is 0 Å². The molecule has 0 spiro atoms. The van der Waals surface area contributed by atoms with E-state index in [1.165, 1.54) is 6.07 Å². The van der Waals surface area contributed by atoms with Gasteiger partial charge in [0.2, 0.25) is 5.91 Å². The highest BCUT2D eigenvalue weighted by molar-refractivity contribution is 5.93. The number of hydrogen-bond acceptors (Lipinski definition) is 7. The molecule has 1 aliphatic heterocycles. The zero-order valence-electron chi connectivity index (χ0n) is 15.3. The van der Waals surface area contributed by atoms with Crippen LogP contribution in [0.25, 0.3) is 0 Å². The molecule has 0 bridgehead atoms. The smallest absolute Gasteiger partial charge is 0.292 e. The van der Waals surface area contributed by atoms with Crippen molar-refractivity contribution in [2.24, 2.45) is 0 Å². The molecular formula is C18H23N5O4. The number of nitrogens with one attached hydrogen (secondary N) is 1. The highest BCUT2D eigenvalue weighted by atomic mass is 16.6. The van der Waals surface area contributed by atoms with Gasteiger partial charge in [-0.1, -0.05) is 17.3 Å². The van der Waals surface area contributed by atoms with Gasteiger partial charge < -0.3 is 14.7 Å². The molecule has 3 rings (SSSR count). The molecule has 0 aliphatic carbocycles. The van der Waals surface area contributed by atoms with Crippen LogP contribution < -0.4 is 5.32 Å². The van der Waals surface area contributed by atoms with Crippen LogP contribution in [0.3, 0.4) is 0 Å². The highest BCUT2D eigenvalue weighted by Crippen LogP contribution is 2.23. The first-order valence-corrected chi connectivity index (χ1v) is 8.91. The van der Waals surface area contributed by atoms with Crippen molar-refractivity contribution >= 4 is 17.3 Å². The molecule has 1 amide bonds. The maximum atomic E-state index is 12.1. The summed E-state index contributed by atoms with van der Waals surface area (Å²) in [4.78, 5) is 27.2. The van der Waals surface area contributed by atoms with Gasteiger partial charge in [-0.3, -0.25) is 19.8 Å². The van der Waals surface area contributed by atoms with E-state index in [2.05, 4.69) is 20.3 Å². The summed E-state index contributed by atoms with van der Waals surface area (Å²) in [7, 11) is 0. The first kappa shape index (κ1) is 19.0. The van der Waals surface area contributed by atoms with Crippen molar-refractivity contribution in [2.45, 2.75) is 19.9 Å². The lowest BCUT2D eigenvalue weighted by atomic mass is 10.2. The van der Waals surface area contributed by atoms with Gasteiger partial charge >= 0.3 is 0 Å². The molecule has 27 heavy (non-hydrogen) atoms. The fourth-order valence-electron chi connectivity index (χ4n) is 3.09. The van der Waals surface area contributed by atoms with Crippen LogP contribution in [0.2, 0.25) is 0 Å². The summed E-state index contributed by atoms with van der Waals surface area (Å²) in [6.45, 7) is 6.80. The third-order valence-electron chi connectivity index (χ3n) is 4.55. The number of benzene rings is 1. The number of amides is 1. The van der Waals surface area contributed by atoms with Crippen LogP contribution in [0, 0.1) is 17.0 Å². The number of para-hydroxylation sites is 2. The summed E-state index contributed by atoms with van der Waals surface area (Å²) < 4.78 is 5.25. The van der Waals surface area contributed by atoms with Crippen LogP contribution >= 0.6 is 0 Å². The Morgan fingerprint density at radius 1 is 1.26 bits per heavy atom. The van der Waals surface area contributed by atoms with E-state index in [1.54, 1.807) is 18.2 Å². The van der Waals surface area contributed by atoms with Crippen molar-refractivity contribution in [3.8, 4) is 0 Å². The van der Waals surface area contributed by atoms with Gasteiger partial charge in [0.05, 0.1) is 17.2 Å². The Bertz CT molecular complexity index is 799. The predicted molar refractivity (Wildman–Crippen MR) is 99.3 cm³/mol. The normalized spacial score (nSPS) is 15.6. The zero-order chi connectivity index (χ0) is 19.2. The second-order valence-electron chi connectivity index (χ2n) is 6.62. The molecule has 2 heterocycles. The molecule has 0 saturated carbocycles. The Balaban J connectivity index is 1.41. The lowest BCUT2D eigenvalue weighted by Gasteiger charge is -2.33. The highest BCUT2D eigenvalue weighted by Gasteiger charge is 2.20. The van der Waals surface area contributed by atoms with E-state index in [4.69, 9.17) is 4.52 Å². The van der Waals surface area contributed by atoms with E-state index in [9.17, 15) is 14.9 Å². The number of piperazine rings is 1. The summed E-state index contributed by atoms with van der Waals surface area (Å²) in [6.07, 6.45) is 0.299. The van der Waals surface area contributed by atoms with Gasteiger partial charge in [0.15, 0.2) is 5.76 Å². The van der Waals surface area contributed by atoms with Crippen LogP contribution in [0.4, 0.5) is 11.4 Å². The predicted octanol–water partition coefficient (Wildman–Crippen LogP) is 2.04. The fourth-order valence-corrected chi connectivity index (χ4v) is 3.09. The summed E-state index contributed by atoms with van der Waals surface area (Å²) in [5.41, 5.74) is 1.02. The number of carbonyl (C=O) groups is 1. The number of aromatic nitrogens is 1. The van der Waals surface area contributed by atoms with Crippen LogP contribution in [-0.4, -0.2) is 58.5 Å². The molecule has 9 heteroatoms. The number of aryl methyl sites for hydroxylation is 1. The summed E-state index contributed by atoms with van der Waals surface area (Å²) >= 11 is 0. The Labute approximate surface area is 157 Å². The summed E-state index contributed by atoms with van der Waals surface area (Å²) in [5.74, 6) is 0.647. The number of anilines is 1. The number of rotatable bonds is 7. The van der Waals surface area contributed by atoms with Gasteiger partial charge in [0.25, 0.3) is 5.69 Å². The topological polar surface area (TPSA) is 105 Å². The van der Waals surface area contributed by atoms with E-state index in [-0.39, 0.29) is 17.3 Å². The third kappa shape index (κ3) is 5.35. The van der Waals surface area contributed by atoms with Crippen molar-refractivity contribution in [3.05, 3.63) is 51.9 Å². The molecule has 0 unspecified atom stereocenters. The molecule has 1 N–H and O–H groups in total. The molecule has 9 nitrogen and oxygen atoms in total. The minimum atomic E-state index is -0.495. The van der Waals surface area contributed by atoms with Gasteiger partial charge in [-0.05, 0) is 13.0 Å². The Morgan fingerprint density at radius 3 is 2.63 bits per heavy atom. The lowest BCUT2D eigenvalue weighted by molar-refractivity contribution is -0.383.